The Morgan fingerprint density at radius 2 is 1.67 bits per heavy atom. The average molecular weight is 347 g/mol. The molecule has 0 aromatic rings. The third-order valence-corrected chi connectivity index (χ3v) is 2.98. The molecule has 11 nitrogen and oxygen atoms in total. The van der Waals surface area contributed by atoms with Gasteiger partial charge in [-0.3, -0.25) is 19.2 Å². The fourth-order valence-corrected chi connectivity index (χ4v) is 1.64. The third-order valence-electron chi connectivity index (χ3n) is 2.98. The van der Waals surface area contributed by atoms with Crippen molar-refractivity contribution in [3.63, 3.8) is 0 Å². The van der Waals surface area contributed by atoms with Crippen LogP contribution in [-0.2, 0) is 19.2 Å². The smallest absolute Gasteiger partial charge is 0.322 e. The lowest BCUT2D eigenvalue weighted by Gasteiger charge is -2.18. The number of nitrogens with two attached hydrogens (primary N) is 2. The molecule has 0 rings (SSSR count). The maximum absolute atomic E-state index is 11.8. The number of hydrogen-bond donors (Lipinski definition) is 7. The molecule has 9 N–H and O–H groups in total. The van der Waals surface area contributed by atoms with Crippen molar-refractivity contribution in [3.05, 3.63) is 0 Å². The molecule has 0 bridgehead atoms. The topological polar surface area (TPSA) is 197 Å². The normalized spacial score (nSPS) is 12.8. The minimum atomic E-state index is -1.26. The van der Waals surface area contributed by atoms with Crippen molar-refractivity contribution in [1.29, 1.82) is 0 Å². The van der Waals surface area contributed by atoms with Gasteiger partial charge in [0, 0.05) is 0 Å². The number of nitrogens with one attached hydrogen (secondary N) is 3. The number of aliphatic carboxylic acids is 1. The Labute approximate surface area is 139 Å². The highest BCUT2D eigenvalue weighted by atomic mass is 16.4. The number of amides is 3. The summed E-state index contributed by atoms with van der Waals surface area (Å²) in [7, 11) is 0. The summed E-state index contributed by atoms with van der Waals surface area (Å²) in [5.74, 6) is -3.33. The van der Waals surface area contributed by atoms with Crippen molar-refractivity contribution in [2.24, 2.45) is 11.5 Å². The van der Waals surface area contributed by atoms with E-state index in [0.717, 1.165) is 6.42 Å². The van der Waals surface area contributed by atoms with Gasteiger partial charge in [0.15, 0.2) is 0 Å². The largest absolute Gasteiger partial charge is 0.480 e. The van der Waals surface area contributed by atoms with Crippen LogP contribution in [0.3, 0.4) is 0 Å². The molecule has 0 aliphatic heterocycles. The van der Waals surface area contributed by atoms with Gasteiger partial charge in [-0.05, 0) is 19.4 Å². The van der Waals surface area contributed by atoms with Gasteiger partial charge in [-0.15, -0.1) is 0 Å². The van der Waals surface area contributed by atoms with Gasteiger partial charge in [0.25, 0.3) is 0 Å². The van der Waals surface area contributed by atoms with E-state index in [1.54, 1.807) is 0 Å². The van der Waals surface area contributed by atoms with E-state index < -0.39 is 55.5 Å². The number of aliphatic hydroxyl groups excluding tert-OH is 1. The Hall–Kier alpha value is -2.24. The van der Waals surface area contributed by atoms with E-state index >= 15 is 0 Å². The number of hydrogen-bond acceptors (Lipinski definition) is 7. The molecule has 0 aliphatic carbocycles. The highest BCUT2D eigenvalue weighted by Crippen LogP contribution is 1.98. The van der Waals surface area contributed by atoms with Crippen LogP contribution in [0.2, 0.25) is 0 Å². The second kappa shape index (κ2) is 12.2. The Bertz CT molecular complexity index is 445. The Balaban J connectivity index is 4.26. The molecule has 0 saturated heterocycles. The number of carboxylic acid groups (broad SMARTS) is 1. The van der Waals surface area contributed by atoms with E-state index in [-0.39, 0.29) is 0 Å². The van der Waals surface area contributed by atoms with E-state index in [4.69, 9.17) is 16.6 Å². The van der Waals surface area contributed by atoms with Crippen LogP contribution in [0.5, 0.6) is 0 Å². The quantitative estimate of drug-likeness (QED) is 0.175. The molecule has 24 heavy (non-hydrogen) atoms. The fourth-order valence-electron chi connectivity index (χ4n) is 1.64. The number of rotatable bonds is 12. The van der Waals surface area contributed by atoms with Gasteiger partial charge in [0.2, 0.25) is 17.7 Å². The first kappa shape index (κ1) is 21.8. The number of carbonyl (C=O) groups excluding carboxylic acids is 3. The lowest BCUT2D eigenvalue weighted by atomic mass is 10.1. The van der Waals surface area contributed by atoms with Crippen molar-refractivity contribution in [1.82, 2.24) is 16.0 Å². The summed E-state index contributed by atoms with van der Waals surface area (Å²) in [4.78, 5) is 45.2. The number of carboxylic acids is 1. The van der Waals surface area contributed by atoms with Crippen LogP contribution in [-0.4, -0.2) is 72.2 Å². The molecule has 0 spiro atoms. The van der Waals surface area contributed by atoms with E-state index in [0.29, 0.717) is 19.4 Å². The minimum absolute atomic E-state index is 0.389. The van der Waals surface area contributed by atoms with E-state index in [1.165, 1.54) is 0 Å². The summed E-state index contributed by atoms with van der Waals surface area (Å²) in [5.41, 5.74) is 11.0. The van der Waals surface area contributed by atoms with Gasteiger partial charge < -0.3 is 37.6 Å². The predicted molar refractivity (Wildman–Crippen MR) is 83.6 cm³/mol. The number of unbranched alkanes of at least 4 members (excludes halogenated alkanes) is 1. The maximum atomic E-state index is 11.8. The fraction of sp³-hybridized carbons (Fsp3) is 0.692. The molecule has 0 aromatic heterocycles. The number of aliphatic hydroxyl groups is 1. The molecule has 3 amide bonds. The summed E-state index contributed by atoms with van der Waals surface area (Å²) >= 11 is 0. The zero-order valence-corrected chi connectivity index (χ0v) is 13.3. The first-order valence-electron chi connectivity index (χ1n) is 7.44. The van der Waals surface area contributed by atoms with Crippen LogP contribution >= 0.6 is 0 Å². The molecule has 0 unspecified atom stereocenters. The molecule has 11 heteroatoms. The lowest BCUT2D eigenvalue weighted by molar-refractivity contribution is -0.138. The van der Waals surface area contributed by atoms with Gasteiger partial charge in [-0.1, -0.05) is 6.42 Å². The van der Waals surface area contributed by atoms with E-state index in [9.17, 15) is 24.3 Å². The van der Waals surface area contributed by atoms with Crippen LogP contribution in [0, 0.1) is 0 Å². The van der Waals surface area contributed by atoms with Crippen LogP contribution in [0.25, 0.3) is 0 Å². The summed E-state index contributed by atoms with van der Waals surface area (Å²) in [5, 5.41) is 24.1. The lowest BCUT2D eigenvalue weighted by Crippen LogP contribution is -2.54. The highest BCUT2D eigenvalue weighted by Gasteiger charge is 2.23. The van der Waals surface area contributed by atoms with Gasteiger partial charge in [-0.2, -0.15) is 0 Å². The zero-order valence-electron chi connectivity index (χ0n) is 13.3. The summed E-state index contributed by atoms with van der Waals surface area (Å²) in [6.07, 6.45) is 1.77. The Morgan fingerprint density at radius 1 is 1.00 bits per heavy atom. The van der Waals surface area contributed by atoms with Gasteiger partial charge in [0.1, 0.15) is 12.6 Å². The average Bonchev–Trinajstić information content (AvgIpc) is 2.55. The SMILES string of the molecule is NCCCC[C@H](N)C(=O)N[C@@H](CO)C(=O)NCC(=O)NCC(=O)O. The molecule has 0 saturated carbocycles. The molecule has 0 heterocycles. The standard InChI is InChI=1S/C13H25N5O6/c14-4-2-1-3-8(15)12(23)18-9(7-19)13(24)17-5-10(20)16-6-11(21)22/h8-9,19H,1-7,14-15H2,(H,16,20)(H,17,24)(H,18,23)(H,21,22)/t8-,9-/m0/s1. The Morgan fingerprint density at radius 3 is 2.21 bits per heavy atom. The van der Waals surface area contributed by atoms with Crippen molar-refractivity contribution in [3.8, 4) is 0 Å². The second-order valence-corrected chi connectivity index (χ2v) is 5.02. The van der Waals surface area contributed by atoms with Gasteiger partial charge >= 0.3 is 5.97 Å². The van der Waals surface area contributed by atoms with Crippen molar-refractivity contribution in [2.75, 3.05) is 26.2 Å². The molecule has 2 atom stereocenters. The molecular weight excluding hydrogens is 322 g/mol. The van der Waals surface area contributed by atoms with Crippen molar-refractivity contribution < 1.29 is 29.4 Å². The van der Waals surface area contributed by atoms with Crippen LogP contribution in [0.4, 0.5) is 0 Å². The highest BCUT2D eigenvalue weighted by molar-refractivity contribution is 5.92. The maximum Gasteiger partial charge on any atom is 0.322 e. The predicted octanol–water partition coefficient (Wildman–Crippen LogP) is -3.76. The van der Waals surface area contributed by atoms with Crippen molar-refractivity contribution >= 4 is 23.7 Å². The molecule has 138 valence electrons. The molecule has 0 aliphatic rings. The van der Waals surface area contributed by atoms with Gasteiger partial charge in [0.05, 0.1) is 19.2 Å². The van der Waals surface area contributed by atoms with Crippen LogP contribution in [0.15, 0.2) is 0 Å². The van der Waals surface area contributed by atoms with Crippen LogP contribution < -0.4 is 27.4 Å². The first-order chi connectivity index (χ1) is 11.3. The summed E-state index contributed by atoms with van der Waals surface area (Å²) in [6.45, 7) is -1.25. The Kier molecular flexibility index (Phi) is 11.1. The van der Waals surface area contributed by atoms with Crippen LogP contribution in [0.1, 0.15) is 19.3 Å². The first-order valence-corrected chi connectivity index (χ1v) is 7.44. The van der Waals surface area contributed by atoms with Gasteiger partial charge in [-0.25, -0.2) is 0 Å². The second-order valence-electron chi connectivity index (χ2n) is 5.02. The molecule has 0 fully saturated rings. The molecule has 0 aromatic carbocycles. The third kappa shape index (κ3) is 9.71. The van der Waals surface area contributed by atoms with Crippen molar-refractivity contribution in [2.45, 2.75) is 31.3 Å². The molecule has 0 radical (unpaired) electrons. The molecular formula is C13H25N5O6. The summed E-state index contributed by atoms with van der Waals surface area (Å²) in [6, 6.07) is -2.09. The minimum Gasteiger partial charge on any atom is -0.480 e. The zero-order chi connectivity index (χ0) is 18.5. The van der Waals surface area contributed by atoms with E-state index in [2.05, 4.69) is 10.6 Å². The monoisotopic (exact) mass is 347 g/mol. The number of carbonyl (C=O) groups is 4. The van der Waals surface area contributed by atoms with E-state index in [1.807, 2.05) is 5.32 Å². The summed E-state index contributed by atoms with van der Waals surface area (Å²) < 4.78 is 0.